The van der Waals surface area contributed by atoms with Crippen molar-refractivity contribution < 1.29 is 14.3 Å². The standard InChI is InChI=1S/C29H32N6O3/c1-15-9-21(10-15)38-27-24-13-31-20(11-19-7-8-22-26(33-19)16(2)17(3)37-28(22)36)12-23(24)25(14-32-27)29(4,34-35-30)18-5-6-18/h7-8,12-18,21H,5-6,9-11H2,1-4H3/t15?,16-,17-,21?,29?/m0/s1. The molecule has 38 heavy (non-hydrogen) atoms. The van der Waals surface area contributed by atoms with Crippen LogP contribution in [0.4, 0.5) is 0 Å². The summed E-state index contributed by atoms with van der Waals surface area (Å²) in [6, 6.07) is 5.72. The minimum atomic E-state index is -0.696. The molecule has 6 rings (SSSR count). The van der Waals surface area contributed by atoms with Crippen molar-refractivity contribution in [3.8, 4) is 5.88 Å². The molecule has 1 aliphatic heterocycles. The largest absolute Gasteiger partial charge is 0.474 e. The molecule has 2 saturated carbocycles. The number of nitrogens with zero attached hydrogens (tertiary/aromatic N) is 6. The summed E-state index contributed by atoms with van der Waals surface area (Å²) in [5.74, 6) is 1.21. The van der Waals surface area contributed by atoms with Gasteiger partial charge in [-0.1, -0.05) is 19.0 Å². The van der Waals surface area contributed by atoms with E-state index in [0.29, 0.717) is 23.8 Å². The quantitative estimate of drug-likeness (QED) is 0.156. The third-order valence-corrected chi connectivity index (χ3v) is 8.56. The smallest absolute Gasteiger partial charge is 0.340 e. The monoisotopic (exact) mass is 512 g/mol. The van der Waals surface area contributed by atoms with E-state index in [1.165, 1.54) is 0 Å². The van der Waals surface area contributed by atoms with Crippen LogP contribution in [0.3, 0.4) is 0 Å². The van der Waals surface area contributed by atoms with Gasteiger partial charge in [0.25, 0.3) is 0 Å². The summed E-state index contributed by atoms with van der Waals surface area (Å²) in [5.41, 5.74) is 12.6. The minimum absolute atomic E-state index is 0.0157. The summed E-state index contributed by atoms with van der Waals surface area (Å²) in [7, 11) is 0. The van der Waals surface area contributed by atoms with Crippen molar-refractivity contribution in [2.24, 2.45) is 17.0 Å². The fraction of sp³-hybridized carbons (Fsp3) is 0.517. The van der Waals surface area contributed by atoms with Gasteiger partial charge in [-0.15, -0.1) is 0 Å². The lowest BCUT2D eigenvalue weighted by Crippen LogP contribution is -2.32. The van der Waals surface area contributed by atoms with E-state index < -0.39 is 5.54 Å². The van der Waals surface area contributed by atoms with Gasteiger partial charge in [0.2, 0.25) is 5.88 Å². The van der Waals surface area contributed by atoms with Gasteiger partial charge < -0.3 is 9.47 Å². The van der Waals surface area contributed by atoms with E-state index in [1.807, 2.05) is 39.2 Å². The number of carbonyl (C=O) groups is 1. The van der Waals surface area contributed by atoms with Crippen molar-refractivity contribution in [2.75, 3.05) is 0 Å². The first-order chi connectivity index (χ1) is 18.3. The summed E-state index contributed by atoms with van der Waals surface area (Å²) in [6.45, 7) is 8.15. The fourth-order valence-corrected chi connectivity index (χ4v) is 5.80. The van der Waals surface area contributed by atoms with Crippen LogP contribution < -0.4 is 4.74 Å². The molecule has 0 aromatic carbocycles. The van der Waals surface area contributed by atoms with Crippen LogP contribution in [0, 0.1) is 11.8 Å². The van der Waals surface area contributed by atoms with Crippen LogP contribution >= 0.6 is 0 Å². The lowest BCUT2D eigenvalue weighted by atomic mass is 9.84. The Balaban J connectivity index is 1.41. The molecule has 0 amide bonds. The molecule has 0 N–H and O–H groups in total. The number of fused-ring (bicyclic) bond motifs is 2. The van der Waals surface area contributed by atoms with Crippen LogP contribution in [-0.4, -0.2) is 33.1 Å². The number of hydrogen-bond acceptors (Lipinski definition) is 7. The maximum Gasteiger partial charge on any atom is 0.340 e. The van der Waals surface area contributed by atoms with Crippen LogP contribution in [0.1, 0.15) is 92.3 Å². The SMILES string of the molecule is CC1CC(Oc2ncc(C(C)(N=[N+]=[N-])C3CC3)c3cc(Cc4ccc5c(n4)[C@@H](C)[C@H](C)OC5=O)ncc23)C1. The molecule has 9 nitrogen and oxygen atoms in total. The highest BCUT2D eigenvalue weighted by atomic mass is 16.5. The van der Waals surface area contributed by atoms with Gasteiger partial charge in [0.15, 0.2) is 0 Å². The highest BCUT2D eigenvalue weighted by Crippen LogP contribution is 2.50. The average Bonchev–Trinajstić information content (AvgIpc) is 3.73. The second-order valence-corrected chi connectivity index (χ2v) is 11.4. The summed E-state index contributed by atoms with van der Waals surface area (Å²) >= 11 is 0. The highest BCUT2D eigenvalue weighted by Gasteiger charge is 2.44. The van der Waals surface area contributed by atoms with Crippen LogP contribution in [0.2, 0.25) is 0 Å². The first kappa shape index (κ1) is 24.6. The molecular formula is C29H32N6O3. The minimum Gasteiger partial charge on any atom is -0.474 e. The molecule has 2 aliphatic carbocycles. The maximum atomic E-state index is 12.3. The molecule has 0 radical (unpaired) electrons. The fourth-order valence-electron chi connectivity index (χ4n) is 5.80. The van der Waals surface area contributed by atoms with Crippen LogP contribution in [0.25, 0.3) is 21.2 Å². The second kappa shape index (κ2) is 9.24. The summed E-state index contributed by atoms with van der Waals surface area (Å²) in [6.07, 6.45) is 8.16. The Morgan fingerprint density at radius 3 is 2.63 bits per heavy atom. The normalized spacial score (nSPS) is 25.9. The average molecular weight is 513 g/mol. The number of rotatable bonds is 7. The summed E-state index contributed by atoms with van der Waals surface area (Å²) in [4.78, 5) is 29.8. The number of carbonyl (C=O) groups excluding carboxylic acids is 1. The van der Waals surface area contributed by atoms with E-state index in [0.717, 1.165) is 59.1 Å². The van der Waals surface area contributed by atoms with Gasteiger partial charge in [-0.3, -0.25) is 9.97 Å². The van der Waals surface area contributed by atoms with E-state index in [2.05, 4.69) is 23.0 Å². The molecule has 3 atom stereocenters. The van der Waals surface area contributed by atoms with E-state index in [9.17, 15) is 10.3 Å². The van der Waals surface area contributed by atoms with E-state index >= 15 is 0 Å². The van der Waals surface area contributed by atoms with Gasteiger partial charge in [0.1, 0.15) is 12.2 Å². The Morgan fingerprint density at radius 2 is 1.92 bits per heavy atom. The van der Waals surface area contributed by atoms with Gasteiger partial charge in [0, 0.05) is 41.0 Å². The van der Waals surface area contributed by atoms with Crippen LogP contribution in [0.15, 0.2) is 35.7 Å². The Bertz CT molecular complexity index is 1470. The number of esters is 1. The first-order valence-corrected chi connectivity index (χ1v) is 13.5. The zero-order chi connectivity index (χ0) is 26.6. The van der Waals surface area contributed by atoms with Crippen molar-refractivity contribution in [3.63, 3.8) is 0 Å². The molecule has 0 saturated heterocycles. The molecule has 1 unspecified atom stereocenters. The second-order valence-electron chi connectivity index (χ2n) is 11.4. The van der Waals surface area contributed by atoms with Crippen molar-refractivity contribution in [3.05, 3.63) is 69.2 Å². The Labute approximate surface area is 221 Å². The zero-order valence-corrected chi connectivity index (χ0v) is 22.2. The third-order valence-electron chi connectivity index (χ3n) is 8.56. The zero-order valence-electron chi connectivity index (χ0n) is 22.2. The van der Waals surface area contributed by atoms with Crippen molar-refractivity contribution in [1.82, 2.24) is 15.0 Å². The third kappa shape index (κ3) is 4.25. The van der Waals surface area contributed by atoms with Gasteiger partial charge in [-0.2, -0.15) is 0 Å². The first-order valence-electron chi connectivity index (χ1n) is 13.5. The molecule has 196 valence electrons. The number of ether oxygens (including phenoxy) is 2. The maximum absolute atomic E-state index is 12.3. The van der Waals surface area contributed by atoms with Gasteiger partial charge >= 0.3 is 5.97 Å². The number of azide groups is 1. The number of hydrogen-bond donors (Lipinski definition) is 0. The molecule has 2 fully saturated rings. The predicted molar refractivity (Wildman–Crippen MR) is 142 cm³/mol. The molecule has 3 aromatic heterocycles. The van der Waals surface area contributed by atoms with Crippen molar-refractivity contribution in [2.45, 2.75) is 83.5 Å². The van der Waals surface area contributed by atoms with Crippen LogP contribution in [-0.2, 0) is 16.7 Å². The lowest BCUT2D eigenvalue weighted by Gasteiger charge is -2.33. The molecule has 0 spiro atoms. The summed E-state index contributed by atoms with van der Waals surface area (Å²) < 4.78 is 11.7. The van der Waals surface area contributed by atoms with E-state index in [1.54, 1.807) is 6.07 Å². The van der Waals surface area contributed by atoms with E-state index in [4.69, 9.17) is 24.4 Å². The molecular weight excluding hydrogens is 480 g/mol. The molecule has 0 bridgehead atoms. The van der Waals surface area contributed by atoms with Crippen LogP contribution in [0.5, 0.6) is 5.88 Å². The topological polar surface area (TPSA) is 123 Å². The van der Waals surface area contributed by atoms with Gasteiger partial charge in [-0.05, 0) is 86.0 Å². The number of cyclic esters (lactones) is 1. The Kier molecular flexibility index (Phi) is 5.99. The van der Waals surface area contributed by atoms with E-state index in [-0.39, 0.29) is 30.0 Å². The highest BCUT2D eigenvalue weighted by molar-refractivity contribution is 5.92. The summed E-state index contributed by atoms with van der Waals surface area (Å²) in [5, 5.41) is 6.04. The van der Waals surface area contributed by atoms with Gasteiger partial charge in [0.05, 0.1) is 22.2 Å². The number of aromatic nitrogens is 3. The molecule has 9 heteroatoms. The molecule has 3 aliphatic rings. The number of pyridine rings is 3. The predicted octanol–water partition coefficient (Wildman–Crippen LogP) is 6.39. The Morgan fingerprint density at radius 1 is 1.13 bits per heavy atom. The lowest BCUT2D eigenvalue weighted by molar-refractivity contribution is 0.0234. The van der Waals surface area contributed by atoms with Crippen molar-refractivity contribution >= 4 is 16.7 Å². The Hall–Kier alpha value is -3.71. The van der Waals surface area contributed by atoms with Gasteiger partial charge in [-0.25, -0.2) is 9.78 Å². The molecule has 4 heterocycles. The molecule has 3 aromatic rings. The van der Waals surface area contributed by atoms with Crippen molar-refractivity contribution in [1.29, 1.82) is 0 Å².